The molecule has 1 atom stereocenters. The van der Waals surface area contributed by atoms with Gasteiger partial charge in [0.15, 0.2) is 11.6 Å². The number of aryl methyl sites for hydroxylation is 1. The Morgan fingerprint density at radius 1 is 1.19 bits per heavy atom. The molecule has 3 aromatic rings. The number of rotatable bonds is 4. The van der Waals surface area contributed by atoms with Gasteiger partial charge in [-0.25, -0.2) is 19.0 Å². The van der Waals surface area contributed by atoms with Crippen molar-refractivity contribution >= 4 is 40.9 Å². The molecule has 1 saturated heterocycles. The van der Waals surface area contributed by atoms with Crippen LogP contribution in [0.2, 0.25) is 0 Å². The highest BCUT2D eigenvalue weighted by Gasteiger charge is 2.31. The Balaban J connectivity index is 0.000000624. The molecule has 224 valence electrons. The zero-order valence-electron chi connectivity index (χ0n) is 24.2. The maximum Gasteiger partial charge on any atom is 0.414 e. The Hall–Kier alpha value is -4.32. The van der Waals surface area contributed by atoms with Crippen molar-refractivity contribution in [3.8, 4) is 0 Å². The summed E-state index contributed by atoms with van der Waals surface area (Å²) in [7, 11) is 3.75. The molecule has 1 aromatic carbocycles. The summed E-state index contributed by atoms with van der Waals surface area (Å²) in [6, 6.07) is 7.02. The number of pyridine rings is 2. The summed E-state index contributed by atoms with van der Waals surface area (Å²) in [4.78, 5) is 53.4. The predicted octanol–water partition coefficient (Wildman–Crippen LogP) is 3.91. The van der Waals surface area contributed by atoms with Crippen LogP contribution in [0.1, 0.15) is 60.6 Å². The molecular formula is C30H36FN5O6. The zero-order valence-corrected chi connectivity index (χ0v) is 24.2. The Bertz CT molecular complexity index is 1550. The van der Waals surface area contributed by atoms with Crippen LogP contribution in [-0.2, 0) is 22.5 Å². The average molecular weight is 582 g/mol. The Labute approximate surface area is 242 Å². The number of aromatic carboxylic acids is 1. The first-order chi connectivity index (χ1) is 20.1. The smallest absolute Gasteiger partial charge is 0.414 e. The van der Waals surface area contributed by atoms with Crippen LogP contribution in [0.5, 0.6) is 0 Å². The molecule has 0 radical (unpaired) electrons. The van der Waals surface area contributed by atoms with E-state index < -0.39 is 17.2 Å². The number of nitrogens with zero attached hydrogens (tertiary/aromatic N) is 4. The van der Waals surface area contributed by atoms with E-state index in [-0.39, 0.29) is 35.0 Å². The van der Waals surface area contributed by atoms with Crippen molar-refractivity contribution in [2.75, 3.05) is 37.0 Å². The molecule has 1 aliphatic carbocycles. The standard InChI is InChI=1S/C26H25FN4O5.C2H7N.C2H4O/c1-14-11-31(26(35)36-14)18-5-4-16-12-29(8-2-3-15(16)9-18)24-21(27)10-19-22(32)20(25(33)34)13-30(17-6-7-17)23(19)28-24;1-3-2;1-2-3/h4-5,9-10,13-14,17H,2-3,6-8,11-12H2,1H3,(H,33,34);3H,1-2H3;2H,1H3. The van der Waals surface area contributed by atoms with E-state index in [1.807, 2.05) is 44.1 Å². The average Bonchev–Trinajstić information content (AvgIpc) is 3.75. The van der Waals surface area contributed by atoms with Crippen molar-refractivity contribution < 1.29 is 28.6 Å². The molecule has 2 fully saturated rings. The number of nitrogens with one attached hydrogen (secondary N) is 1. The van der Waals surface area contributed by atoms with E-state index in [0.717, 1.165) is 54.9 Å². The number of benzene rings is 1. The van der Waals surface area contributed by atoms with Crippen LogP contribution < -0.4 is 20.5 Å². The first-order valence-electron chi connectivity index (χ1n) is 13.9. The number of amides is 1. The van der Waals surface area contributed by atoms with Crippen LogP contribution in [0.25, 0.3) is 11.0 Å². The van der Waals surface area contributed by atoms with Gasteiger partial charge in [-0.15, -0.1) is 0 Å². The van der Waals surface area contributed by atoms with Gasteiger partial charge in [0.1, 0.15) is 23.6 Å². The third-order valence-corrected chi connectivity index (χ3v) is 7.11. The number of aldehydes is 1. The highest BCUT2D eigenvalue weighted by Crippen LogP contribution is 2.37. The molecule has 12 heteroatoms. The number of fused-ring (bicyclic) bond motifs is 2. The summed E-state index contributed by atoms with van der Waals surface area (Å²) in [5, 5.41) is 12.2. The topological polar surface area (TPSA) is 134 Å². The Morgan fingerprint density at radius 2 is 1.88 bits per heavy atom. The van der Waals surface area contributed by atoms with E-state index in [4.69, 9.17) is 9.53 Å². The van der Waals surface area contributed by atoms with Crippen molar-refractivity contribution in [2.24, 2.45) is 0 Å². The second-order valence-electron chi connectivity index (χ2n) is 10.5. The molecule has 0 spiro atoms. The molecule has 3 aliphatic rings. The molecule has 1 unspecified atom stereocenters. The summed E-state index contributed by atoms with van der Waals surface area (Å²) in [6.07, 6.45) is 4.80. The molecule has 4 heterocycles. The molecule has 2 N–H and O–H groups in total. The third kappa shape index (κ3) is 6.43. The van der Waals surface area contributed by atoms with Gasteiger partial charge in [-0.2, -0.15) is 0 Å². The van der Waals surface area contributed by atoms with E-state index in [0.29, 0.717) is 25.3 Å². The summed E-state index contributed by atoms with van der Waals surface area (Å²) < 4.78 is 22.3. The number of ether oxygens (including phenoxy) is 1. The van der Waals surface area contributed by atoms with Gasteiger partial charge in [-0.05, 0) is 83.0 Å². The second kappa shape index (κ2) is 13.1. The van der Waals surface area contributed by atoms with Crippen LogP contribution in [0.15, 0.2) is 35.3 Å². The lowest BCUT2D eigenvalue weighted by Crippen LogP contribution is -2.26. The summed E-state index contributed by atoms with van der Waals surface area (Å²) in [6.45, 7) is 4.79. The maximum absolute atomic E-state index is 15.4. The van der Waals surface area contributed by atoms with Gasteiger partial charge < -0.3 is 29.4 Å². The van der Waals surface area contributed by atoms with Crippen LogP contribution >= 0.6 is 0 Å². The fraction of sp³-hybridized carbons (Fsp3) is 0.433. The molecule has 42 heavy (non-hydrogen) atoms. The minimum atomic E-state index is -1.33. The van der Waals surface area contributed by atoms with E-state index in [2.05, 4.69) is 10.3 Å². The van der Waals surface area contributed by atoms with Crippen molar-refractivity contribution in [3.63, 3.8) is 0 Å². The lowest BCUT2D eigenvalue weighted by molar-refractivity contribution is -0.106. The molecular weight excluding hydrogens is 545 g/mol. The molecule has 1 saturated carbocycles. The number of halogens is 1. The van der Waals surface area contributed by atoms with Gasteiger partial charge >= 0.3 is 12.1 Å². The number of hydrogen-bond acceptors (Lipinski definition) is 8. The van der Waals surface area contributed by atoms with Crippen molar-refractivity contribution in [1.82, 2.24) is 14.9 Å². The van der Waals surface area contributed by atoms with Crippen LogP contribution in [0.4, 0.5) is 20.7 Å². The Kier molecular flexibility index (Phi) is 9.56. The monoisotopic (exact) mass is 581 g/mol. The molecule has 2 aliphatic heterocycles. The molecule has 1 amide bonds. The summed E-state index contributed by atoms with van der Waals surface area (Å²) >= 11 is 0. The van der Waals surface area contributed by atoms with Crippen molar-refractivity contribution in [3.05, 3.63) is 63.2 Å². The number of carboxylic acid groups (broad SMARTS) is 1. The van der Waals surface area contributed by atoms with Crippen LogP contribution in [0, 0.1) is 5.82 Å². The minimum Gasteiger partial charge on any atom is -0.477 e. The largest absolute Gasteiger partial charge is 0.477 e. The summed E-state index contributed by atoms with van der Waals surface area (Å²) in [5.74, 6) is -1.84. The highest BCUT2D eigenvalue weighted by molar-refractivity contribution is 5.92. The second-order valence-corrected chi connectivity index (χ2v) is 10.5. The molecule has 6 rings (SSSR count). The quantitative estimate of drug-likeness (QED) is 0.440. The molecule has 11 nitrogen and oxygen atoms in total. The van der Waals surface area contributed by atoms with Crippen molar-refractivity contribution in [1.29, 1.82) is 0 Å². The van der Waals surface area contributed by atoms with Gasteiger partial charge in [0.25, 0.3) is 0 Å². The van der Waals surface area contributed by atoms with Gasteiger partial charge in [0.05, 0.1) is 11.9 Å². The SMILES string of the molecule is CC1CN(c2ccc3c(c2)CCCN(c2nc4c(cc2F)c(=O)c(C(=O)O)cn4C2CC2)C3)C(=O)O1.CC=O.CNC. The number of carboxylic acids is 1. The number of carbonyl (C=O) groups is 3. The van der Waals surface area contributed by atoms with Crippen LogP contribution in [0.3, 0.4) is 0 Å². The number of anilines is 2. The van der Waals surface area contributed by atoms with Gasteiger partial charge in [-0.1, -0.05) is 6.07 Å². The predicted molar refractivity (Wildman–Crippen MR) is 157 cm³/mol. The van der Waals surface area contributed by atoms with E-state index in [1.54, 1.807) is 9.47 Å². The van der Waals surface area contributed by atoms with E-state index in [1.165, 1.54) is 13.1 Å². The fourth-order valence-electron chi connectivity index (χ4n) is 5.15. The lowest BCUT2D eigenvalue weighted by Gasteiger charge is -2.24. The minimum absolute atomic E-state index is 0.0189. The van der Waals surface area contributed by atoms with Gasteiger partial charge in [0.2, 0.25) is 5.43 Å². The lowest BCUT2D eigenvalue weighted by atomic mass is 10.0. The van der Waals surface area contributed by atoms with E-state index >= 15 is 4.39 Å². The fourth-order valence-corrected chi connectivity index (χ4v) is 5.15. The Morgan fingerprint density at radius 3 is 2.48 bits per heavy atom. The number of cyclic esters (lactones) is 1. The normalized spacial score (nSPS) is 17.7. The van der Waals surface area contributed by atoms with Crippen LogP contribution in [-0.4, -0.2) is 66.3 Å². The third-order valence-electron chi connectivity index (χ3n) is 7.11. The number of aromatic nitrogens is 2. The maximum atomic E-state index is 15.4. The van der Waals surface area contributed by atoms with Gasteiger partial charge in [0, 0.05) is 31.0 Å². The zero-order chi connectivity index (χ0) is 30.6. The van der Waals surface area contributed by atoms with Crippen molar-refractivity contribution in [2.45, 2.75) is 58.2 Å². The van der Waals surface area contributed by atoms with E-state index in [9.17, 15) is 19.5 Å². The first-order valence-corrected chi connectivity index (χ1v) is 13.9. The number of carbonyl (C=O) groups excluding carboxylic acids is 2. The highest BCUT2D eigenvalue weighted by atomic mass is 19.1. The summed E-state index contributed by atoms with van der Waals surface area (Å²) in [5.41, 5.74) is 2.10. The van der Waals surface area contributed by atoms with Gasteiger partial charge in [-0.3, -0.25) is 9.69 Å². The number of hydrogen-bond donors (Lipinski definition) is 2. The molecule has 0 bridgehead atoms. The first kappa shape index (κ1) is 30.6. The molecule has 2 aromatic heterocycles.